The normalized spacial score (nSPS) is 13.4. The maximum Gasteiger partial charge on any atom is 0.226 e. The molecular formula is C23H28N4O. The molecule has 0 unspecified atom stereocenters. The second-order valence-electron chi connectivity index (χ2n) is 7.75. The number of aryl methyl sites for hydroxylation is 2. The smallest absolute Gasteiger partial charge is 0.226 e. The zero-order valence-electron chi connectivity index (χ0n) is 17.1. The molecule has 146 valence electrons. The Morgan fingerprint density at radius 2 is 1.82 bits per heavy atom. The highest BCUT2D eigenvalue weighted by Gasteiger charge is 2.33. The fourth-order valence-electron chi connectivity index (χ4n) is 4.21. The van der Waals surface area contributed by atoms with E-state index in [1.807, 2.05) is 34.1 Å². The highest BCUT2D eigenvalue weighted by Crippen LogP contribution is 2.32. The Labute approximate surface area is 166 Å². The van der Waals surface area contributed by atoms with Gasteiger partial charge in [-0.05, 0) is 50.5 Å². The summed E-state index contributed by atoms with van der Waals surface area (Å²) < 4.78 is 4.15. The van der Waals surface area contributed by atoms with Gasteiger partial charge in [0.15, 0.2) is 0 Å². The van der Waals surface area contributed by atoms with Crippen LogP contribution in [0.25, 0.3) is 11.5 Å². The summed E-state index contributed by atoms with van der Waals surface area (Å²) in [5.41, 5.74) is 5.67. The summed E-state index contributed by atoms with van der Waals surface area (Å²) >= 11 is 0. The highest BCUT2D eigenvalue weighted by molar-refractivity contribution is 5.79. The molecule has 0 N–H and O–H groups in total. The minimum absolute atomic E-state index is 0.102. The lowest BCUT2D eigenvalue weighted by Crippen LogP contribution is -2.32. The van der Waals surface area contributed by atoms with Gasteiger partial charge in [-0.25, -0.2) is 4.68 Å². The number of rotatable bonds is 5. The molecule has 1 aliphatic rings. The first kappa shape index (κ1) is 18.5. The van der Waals surface area contributed by atoms with Crippen LogP contribution in [0.1, 0.15) is 49.1 Å². The Morgan fingerprint density at radius 1 is 1.11 bits per heavy atom. The average molecular weight is 377 g/mol. The number of nitrogens with zero attached hydrogens (tertiary/aromatic N) is 4. The van der Waals surface area contributed by atoms with Crippen LogP contribution >= 0.6 is 0 Å². The molecule has 1 aromatic carbocycles. The van der Waals surface area contributed by atoms with E-state index in [-0.39, 0.29) is 11.8 Å². The van der Waals surface area contributed by atoms with E-state index in [4.69, 9.17) is 5.10 Å². The van der Waals surface area contributed by atoms with Crippen LogP contribution in [0.2, 0.25) is 0 Å². The molecule has 0 saturated carbocycles. The maximum atomic E-state index is 12.9. The molecule has 0 bridgehead atoms. The lowest BCUT2D eigenvalue weighted by atomic mass is 10.0. The van der Waals surface area contributed by atoms with Gasteiger partial charge in [-0.3, -0.25) is 4.79 Å². The van der Waals surface area contributed by atoms with Gasteiger partial charge < -0.3 is 9.47 Å². The fraction of sp³-hybridized carbons (Fsp3) is 0.391. The molecule has 0 spiro atoms. The number of hydrogen-bond acceptors (Lipinski definition) is 2. The Balaban J connectivity index is 1.77. The lowest BCUT2D eigenvalue weighted by molar-refractivity contribution is -0.136. The molecule has 0 radical (unpaired) electrons. The topological polar surface area (TPSA) is 43.1 Å². The third-order valence-corrected chi connectivity index (χ3v) is 5.81. The van der Waals surface area contributed by atoms with E-state index < -0.39 is 0 Å². The molecule has 1 amide bonds. The van der Waals surface area contributed by atoms with Crippen molar-refractivity contribution in [3.05, 3.63) is 65.1 Å². The third-order valence-electron chi connectivity index (χ3n) is 5.81. The summed E-state index contributed by atoms with van der Waals surface area (Å²) in [6, 6.07) is 10.5. The minimum Gasteiger partial charge on any atom is -0.332 e. The summed E-state index contributed by atoms with van der Waals surface area (Å²) in [6.07, 6.45) is 5.86. The van der Waals surface area contributed by atoms with E-state index in [0.29, 0.717) is 13.1 Å². The molecule has 0 fully saturated rings. The fourth-order valence-corrected chi connectivity index (χ4v) is 4.21. The molecule has 1 aliphatic heterocycles. The van der Waals surface area contributed by atoms with Gasteiger partial charge in [0, 0.05) is 23.9 Å². The van der Waals surface area contributed by atoms with Gasteiger partial charge in [0.1, 0.15) is 5.82 Å². The van der Waals surface area contributed by atoms with E-state index >= 15 is 0 Å². The van der Waals surface area contributed by atoms with Crippen LogP contribution in [0.5, 0.6) is 0 Å². The molecule has 2 aromatic heterocycles. The Bertz CT molecular complexity index is 996. The Kier molecular flexibility index (Phi) is 4.84. The van der Waals surface area contributed by atoms with Crippen molar-refractivity contribution in [1.29, 1.82) is 0 Å². The van der Waals surface area contributed by atoms with Crippen molar-refractivity contribution >= 4 is 5.91 Å². The molecule has 28 heavy (non-hydrogen) atoms. The number of amides is 1. The summed E-state index contributed by atoms with van der Waals surface area (Å²) in [5, 5.41) is 4.95. The monoisotopic (exact) mass is 376 g/mol. The SMILES string of the molecule is CCC(CC)C(=O)N1Cc2nn(-c3ccc(C)cc3C)c(-n3cccc3)c2C1. The molecule has 0 saturated heterocycles. The van der Waals surface area contributed by atoms with Gasteiger partial charge in [-0.1, -0.05) is 31.5 Å². The van der Waals surface area contributed by atoms with Crippen molar-refractivity contribution in [1.82, 2.24) is 19.2 Å². The van der Waals surface area contributed by atoms with Crippen LogP contribution in [-0.4, -0.2) is 25.2 Å². The Morgan fingerprint density at radius 3 is 2.46 bits per heavy atom. The Hall–Kier alpha value is -2.82. The number of hydrogen-bond donors (Lipinski definition) is 0. The molecule has 3 heterocycles. The average Bonchev–Trinajstić information content (AvgIpc) is 3.38. The van der Waals surface area contributed by atoms with E-state index in [9.17, 15) is 4.79 Å². The van der Waals surface area contributed by atoms with Gasteiger partial charge >= 0.3 is 0 Å². The molecule has 4 rings (SSSR count). The van der Waals surface area contributed by atoms with Gasteiger partial charge in [0.2, 0.25) is 5.91 Å². The number of carbonyl (C=O) groups is 1. The summed E-state index contributed by atoms with van der Waals surface area (Å²) in [4.78, 5) is 14.9. The van der Waals surface area contributed by atoms with Crippen molar-refractivity contribution in [3.63, 3.8) is 0 Å². The lowest BCUT2D eigenvalue weighted by Gasteiger charge is -2.22. The van der Waals surface area contributed by atoms with Crippen molar-refractivity contribution < 1.29 is 4.79 Å². The maximum absolute atomic E-state index is 12.9. The minimum atomic E-state index is 0.102. The van der Waals surface area contributed by atoms with E-state index in [1.165, 1.54) is 11.1 Å². The highest BCUT2D eigenvalue weighted by atomic mass is 16.2. The van der Waals surface area contributed by atoms with Gasteiger partial charge in [-0.15, -0.1) is 0 Å². The first-order valence-electron chi connectivity index (χ1n) is 10.1. The van der Waals surface area contributed by atoms with E-state index in [1.54, 1.807) is 0 Å². The van der Waals surface area contributed by atoms with Crippen molar-refractivity contribution in [2.75, 3.05) is 0 Å². The second-order valence-corrected chi connectivity index (χ2v) is 7.75. The van der Waals surface area contributed by atoms with Crippen LogP contribution in [0, 0.1) is 19.8 Å². The third kappa shape index (κ3) is 3.05. The predicted molar refractivity (Wildman–Crippen MR) is 111 cm³/mol. The molecular weight excluding hydrogens is 348 g/mol. The van der Waals surface area contributed by atoms with Gasteiger partial charge in [-0.2, -0.15) is 5.10 Å². The van der Waals surface area contributed by atoms with Crippen molar-refractivity contribution in [2.45, 2.75) is 53.6 Å². The van der Waals surface area contributed by atoms with Crippen LogP contribution in [0.15, 0.2) is 42.7 Å². The summed E-state index contributed by atoms with van der Waals surface area (Å²) in [5.74, 6) is 1.39. The van der Waals surface area contributed by atoms with Crippen LogP contribution in [0.4, 0.5) is 0 Å². The first-order chi connectivity index (χ1) is 13.5. The zero-order valence-corrected chi connectivity index (χ0v) is 17.1. The van der Waals surface area contributed by atoms with Crippen molar-refractivity contribution in [3.8, 4) is 11.5 Å². The summed E-state index contributed by atoms with van der Waals surface area (Å²) in [7, 11) is 0. The second kappa shape index (κ2) is 7.30. The van der Waals surface area contributed by atoms with Gasteiger partial charge in [0.25, 0.3) is 0 Å². The zero-order chi connectivity index (χ0) is 19.8. The van der Waals surface area contributed by atoms with E-state index in [0.717, 1.165) is 35.6 Å². The number of fused-ring (bicyclic) bond motifs is 1. The predicted octanol–water partition coefficient (Wildman–Crippen LogP) is 4.56. The van der Waals surface area contributed by atoms with Crippen LogP contribution < -0.4 is 0 Å². The van der Waals surface area contributed by atoms with Gasteiger partial charge in [0.05, 0.1) is 24.5 Å². The standard InChI is InChI=1S/C23H28N4O/c1-5-18(6-2)23(28)26-14-19-20(15-26)24-27(22(19)25-11-7-8-12-25)21-10-9-16(3)13-17(21)4/h7-13,18H,5-6,14-15H2,1-4H3. The molecule has 0 atom stereocenters. The van der Waals surface area contributed by atoms with E-state index in [2.05, 4.69) is 50.5 Å². The number of benzene rings is 1. The molecule has 3 aromatic rings. The molecule has 5 heteroatoms. The first-order valence-corrected chi connectivity index (χ1v) is 10.1. The molecule has 5 nitrogen and oxygen atoms in total. The largest absolute Gasteiger partial charge is 0.332 e. The van der Waals surface area contributed by atoms with Crippen LogP contribution in [0.3, 0.4) is 0 Å². The number of aromatic nitrogens is 3. The molecule has 0 aliphatic carbocycles. The summed E-state index contributed by atoms with van der Waals surface area (Å²) in [6.45, 7) is 9.63. The van der Waals surface area contributed by atoms with Crippen molar-refractivity contribution in [2.24, 2.45) is 5.92 Å². The quantitative estimate of drug-likeness (QED) is 0.655. The number of carbonyl (C=O) groups excluding carboxylic acids is 1. The van der Waals surface area contributed by atoms with Crippen LogP contribution in [-0.2, 0) is 17.9 Å².